The van der Waals surface area contributed by atoms with Crippen molar-refractivity contribution >= 4 is 10.9 Å². The van der Waals surface area contributed by atoms with Crippen LogP contribution in [0.3, 0.4) is 0 Å². The van der Waals surface area contributed by atoms with Gasteiger partial charge in [0, 0.05) is 16.6 Å². The number of hydrogen-bond acceptors (Lipinski definition) is 2. The van der Waals surface area contributed by atoms with Gasteiger partial charge in [0.15, 0.2) is 5.82 Å². The summed E-state index contributed by atoms with van der Waals surface area (Å²) < 4.78 is 4.07. The van der Waals surface area contributed by atoms with Crippen molar-refractivity contribution in [1.29, 1.82) is 0 Å². The van der Waals surface area contributed by atoms with Crippen LogP contribution in [-0.4, -0.2) is 19.6 Å². The van der Waals surface area contributed by atoms with E-state index in [1.54, 1.807) is 0 Å². The van der Waals surface area contributed by atoms with Crippen LogP contribution >= 0.6 is 0 Å². The number of fused-ring (bicyclic) bond motifs is 1. The minimum Gasteiger partial charge on any atom is -0.263 e. The fourth-order valence-corrected chi connectivity index (χ4v) is 3.92. The zero-order chi connectivity index (χ0) is 19.8. The maximum atomic E-state index is 5.03. The molecule has 0 bridgehead atoms. The molecule has 3 aromatic carbocycles. The molecule has 0 aliphatic carbocycles. The van der Waals surface area contributed by atoms with Gasteiger partial charge in [-0.1, -0.05) is 78.9 Å². The fraction of sp³-hybridized carbons (Fsp3) is 0.120. The lowest BCUT2D eigenvalue weighted by atomic mass is 10.1. The quantitative estimate of drug-likeness (QED) is 0.411. The van der Waals surface area contributed by atoms with Gasteiger partial charge in [0.2, 0.25) is 0 Å². The van der Waals surface area contributed by atoms with Gasteiger partial charge in [0.25, 0.3) is 0 Å². The van der Waals surface area contributed by atoms with Crippen LogP contribution in [-0.2, 0) is 6.54 Å². The minimum atomic E-state index is 0.727. The smallest absolute Gasteiger partial charge is 0.183 e. The van der Waals surface area contributed by atoms with Crippen molar-refractivity contribution in [3.05, 3.63) is 102 Å². The summed E-state index contributed by atoms with van der Waals surface area (Å²) in [6.45, 7) is 4.92. The molecule has 2 heterocycles. The van der Waals surface area contributed by atoms with Gasteiger partial charge in [-0.2, -0.15) is 10.2 Å². The van der Waals surface area contributed by atoms with Crippen molar-refractivity contribution in [3.63, 3.8) is 0 Å². The lowest BCUT2D eigenvalue weighted by molar-refractivity contribution is 0.653. The summed E-state index contributed by atoms with van der Waals surface area (Å²) in [4.78, 5) is 0. The van der Waals surface area contributed by atoms with Crippen LogP contribution < -0.4 is 0 Å². The normalized spacial score (nSPS) is 11.2. The first-order valence-electron chi connectivity index (χ1n) is 9.84. The second kappa shape index (κ2) is 7.06. The predicted molar refractivity (Wildman–Crippen MR) is 117 cm³/mol. The zero-order valence-electron chi connectivity index (χ0n) is 16.6. The van der Waals surface area contributed by atoms with E-state index in [2.05, 4.69) is 91.3 Å². The number of para-hydroxylation sites is 1. The average Bonchev–Trinajstić information content (AvgIpc) is 3.27. The largest absolute Gasteiger partial charge is 0.263 e. The molecule has 5 rings (SSSR count). The van der Waals surface area contributed by atoms with Crippen LogP contribution in [0.2, 0.25) is 0 Å². The van der Waals surface area contributed by atoms with E-state index >= 15 is 0 Å². The van der Waals surface area contributed by atoms with Gasteiger partial charge >= 0.3 is 0 Å². The topological polar surface area (TPSA) is 35.6 Å². The Bertz CT molecular complexity index is 1280. The molecule has 0 unspecified atom stereocenters. The molecule has 0 saturated carbocycles. The van der Waals surface area contributed by atoms with E-state index in [1.807, 2.05) is 16.8 Å². The molecule has 0 aliphatic rings. The number of rotatable bonds is 4. The van der Waals surface area contributed by atoms with Crippen molar-refractivity contribution in [1.82, 2.24) is 19.6 Å². The number of benzene rings is 3. The Morgan fingerprint density at radius 3 is 2.14 bits per heavy atom. The van der Waals surface area contributed by atoms with Gasteiger partial charge in [0.05, 0.1) is 17.8 Å². The number of aromatic nitrogens is 4. The lowest BCUT2D eigenvalue weighted by Crippen LogP contribution is -2.05. The highest BCUT2D eigenvalue weighted by Gasteiger charge is 2.21. The summed E-state index contributed by atoms with van der Waals surface area (Å²) in [6, 6.07) is 29.2. The number of aryl methyl sites for hydroxylation is 1. The summed E-state index contributed by atoms with van der Waals surface area (Å²) in [5.41, 5.74) is 6.71. The Kier molecular flexibility index (Phi) is 4.24. The highest BCUT2D eigenvalue weighted by atomic mass is 15.4. The molecule has 0 aliphatic heterocycles. The second-order valence-corrected chi connectivity index (χ2v) is 7.31. The first-order valence-corrected chi connectivity index (χ1v) is 9.84. The Morgan fingerprint density at radius 1 is 0.724 bits per heavy atom. The van der Waals surface area contributed by atoms with Gasteiger partial charge < -0.3 is 0 Å². The summed E-state index contributed by atoms with van der Waals surface area (Å²) in [5, 5.41) is 11.0. The van der Waals surface area contributed by atoms with E-state index in [0.717, 1.165) is 45.8 Å². The third-order valence-corrected chi connectivity index (χ3v) is 5.40. The van der Waals surface area contributed by atoms with Crippen LogP contribution in [0.15, 0.2) is 84.9 Å². The molecule has 142 valence electrons. The molecule has 0 radical (unpaired) electrons. The fourth-order valence-electron chi connectivity index (χ4n) is 3.92. The van der Waals surface area contributed by atoms with Gasteiger partial charge in [-0.25, -0.2) is 4.68 Å². The van der Waals surface area contributed by atoms with Gasteiger partial charge in [-0.05, 0) is 31.0 Å². The highest BCUT2D eigenvalue weighted by molar-refractivity contribution is 5.85. The minimum absolute atomic E-state index is 0.727. The third kappa shape index (κ3) is 3.03. The van der Waals surface area contributed by atoms with Crippen LogP contribution in [0.1, 0.15) is 17.0 Å². The molecule has 0 spiro atoms. The summed E-state index contributed by atoms with van der Waals surface area (Å²) >= 11 is 0. The van der Waals surface area contributed by atoms with Crippen molar-refractivity contribution in [2.24, 2.45) is 0 Å². The molecular formula is C25H22N4. The maximum Gasteiger partial charge on any atom is 0.183 e. The molecule has 0 atom stereocenters. The number of hydrogen-bond donors (Lipinski definition) is 0. The Balaban J connectivity index is 1.74. The SMILES string of the molecule is Cc1nn(-c2nn(Cc3ccccc3)c(C)c2-c2ccccc2)c2ccccc12. The predicted octanol–water partition coefficient (Wildman–Crippen LogP) is 5.55. The Hall–Kier alpha value is -3.66. The molecule has 0 amide bonds. The average molecular weight is 378 g/mol. The van der Waals surface area contributed by atoms with Gasteiger partial charge in [0.1, 0.15) is 0 Å². The van der Waals surface area contributed by atoms with Crippen LogP contribution in [0.5, 0.6) is 0 Å². The van der Waals surface area contributed by atoms with Crippen molar-refractivity contribution in [2.75, 3.05) is 0 Å². The van der Waals surface area contributed by atoms with E-state index in [-0.39, 0.29) is 0 Å². The monoisotopic (exact) mass is 378 g/mol. The molecule has 0 N–H and O–H groups in total. The molecule has 0 fully saturated rings. The van der Waals surface area contributed by atoms with Gasteiger partial charge in [-0.15, -0.1) is 0 Å². The summed E-state index contributed by atoms with van der Waals surface area (Å²) in [6.07, 6.45) is 0. The number of nitrogens with zero attached hydrogens (tertiary/aromatic N) is 4. The molecule has 4 nitrogen and oxygen atoms in total. The molecule has 0 saturated heterocycles. The summed E-state index contributed by atoms with van der Waals surface area (Å²) in [7, 11) is 0. The molecule has 29 heavy (non-hydrogen) atoms. The van der Waals surface area contributed by atoms with Crippen LogP contribution in [0, 0.1) is 13.8 Å². The van der Waals surface area contributed by atoms with Crippen molar-refractivity contribution in [2.45, 2.75) is 20.4 Å². The van der Waals surface area contributed by atoms with E-state index in [1.165, 1.54) is 5.56 Å². The maximum absolute atomic E-state index is 5.03. The Labute approximate surface area is 170 Å². The summed E-state index contributed by atoms with van der Waals surface area (Å²) in [5.74, 6) is 0.869. The van der Waals surface area contributed by atoms with E-state index < -0.39 is 0 Å². The highest BCUT2D eigenvalue weighted by Crippen LogP contribution is 2.32. The van der Waals surface area contributed by atoms with Gasteiger partial charge in [-0.3, -0.25) is 4.68 Å². The van der Waals surface area contributed by atoms with E-state index in [4.69, 9.17) is 10.2 Å². The van der Waals surface area contributed by atoms with Crippen molar-refractivity contribution in [3.8, 4) is 16.9 Å². The first-order chi connectivity index (χ1) is 14.2. The molecular weight excluding hydrogens is 356 g/mol. The van der Waals surface area contributed by atoms with E-state index in [9.17, 15) is 0 Å². The molecule has 5 aromatic rings. The van der Waals surface area contributed by atoms with Crippen LogP contribution in [0.4, 0.5) is 0 Å². The first kappa shape index (κ1) is 17.4. The van der Waals surface area contributed by atoms with Crippen LogP contribution in [0.25, 0.3) is 27.8 Å². The van der Waals surface area contributed by atoms with Crippen molar-refractivity contribution < 1.29 is 0 Å². The molecule has 4 heteroatoms. The zero-order valence-corrected chi connectivity index (χ0v) is 16.6. The van der Waals surface area contributed by atoms with E-state index in [0.29, 0.717) is 0 Å². The third-order valence-electron chi connectivity index (χ3n) is 5.40. The Morgan fingerprint density at radius 2 is 1.38 bits per heavy atom. The lowest BCUT2D eigenvalue weighted by Gasteiger charge is -2.06. The standard InChI is InChI=1S/C25H22N4/c1-18-22-15-9-10-16-23(22)29(26-18)25-24(21-13-7-4-8-14-21)19(2)28(27-25)17-20-11-5-3-6-12-20/h3-16H,17H2,1-2H3. The second-order valence-electron chi connectivity index (χ2n) is 7.31. The molecule has 2 aromatic heterocycles.